The Kier molecular flexibility index (Phi) is 5.72. The van der Waals surface area contributed by atoms with E-state index in [1.165, 1.54) is 29.5 Å². The van der Waals surface area contributed by atoms with E-state index in [0.29, 0.717) is 17.9 Å². The van der Waals surface area contributed by atoms with Crippen molar-refractivity contribution in [1.82, 2.24) is 4.98 Å². The third-order valence-corrected chi connectivity index (χ3v) is 7.64. The third kappa shape index (κ3) is 3.70. The summed E-state index contributed by atoms with van der Waals surface area (Å²) >= 11 is 0. The second-order valence-electron chi connectivity index (χ2n) is 9.33. The van der Waals surface area contributed by atoms with Crippen LogP contribution in [-0.2, 0) is 11.3 Å². The molecule has 0 amide bonds. The fourth-order valence-corrected chi connectivity index (χ4v) is 6.15. The van der Waals surface area contributed by atoms with Crippen molar-refractivity contribution < 1.29 is 9.22 Å². The molecule has 0 aliphatic carbocycles. The molecule has 5 atom stereocenters. The van der Waals surface area contributed by atoms with Crippen LogP contribution in [0.3, 0.4) is 0 Å². The Labute approximate surface area is 191 Å². The lowest BCUT2D eigenvalue weighted by Gasteiger charge is -2.58. The highest BCUT2D eigenvalue weighted by Gasteiger charge is 2.55. The molecule has 162 valence electrons. The fourth-order valence-electron chi connectivity index (χ4n) is 6.15. The van der Waals surface area contributed by atoms with Crippen LogP contribution in [0.5, 0.6) is 0 Å². The second-order valence-corrected chi connectivity index (χ2v) is 9.33. The lowest BCUT2D eigenvalue weighted by atomic mass is 9.71. The standard InChI is InChI=1S/C29H31N2O/c1-3-18-32-29(26-14-16-30-27-13-9-8-12-25(26)27)28-19-24-15-17-31(28,21-23(24)4-2)20-22-10-6-5-7-11-22/h4-14,16,23-24,28-29H,2,15,17,19-21H2,1H3/q+1/t23?,24-,28+,29?,31+/m0/s1. The van der Waals surface area contributed by atoms with E-state index in [1.807, 2.05) is 19.2 Å². The van der Waals surface area contributed by atoms with Crippen LogP contribution in [0.2, 0.25) is 0 Å². The molecule has 3 aliphatic rings. The number of nitrogens with zero attached hydrogens (tertiary/aromatic N) is 2. The minimum absolute atomic E-state index is 0.0902. The summed E-state index contributed by atoms with van der Waals surface area (Å²) in [4.78, 5) is 4.60. The minimum Gasteiger partial charge on any atom is -0.432 e. The molecule has 3 aromatic rings. The van der Waals surface area contributed by atoms with Gasteiger partial charge in [-0.3, -0.25) is 4.98 Å². The van der Waals surface area contributed by atoms with Crippen molar-refractivity contribution in [3.63, 3.8) is 0 Å². The van der Waals surface area contributed by atoms with Crippen molar-refractivity contribution in [2.75, 3.05) is 13.1 Å². The molecule has 3 saturated heterocycles. The van der Waals surface area contributed by atoms with Crippen molar-refractivity contribution in [1.29, 1.82) is 0 Å². The molecule has 0 radical (unpaired) electrons. The van der Waals surface area contributed by atoms with Crippen LogP contribution in [0.1, 0.15) is 37.0 Å². The molecule has 3 nitrogen and oxygen atoms in total. The molecule has 1 aromatic heterocycles. The zero-order valence-electron chi connectivity index (χ0n) is 18.8. The average molecular weight is 424 g/mol. The van der Waals surface area contributed by atoms with Crippen LogP contribution in [0.4, 0.5) is 0 Å². The number of aromatic nitrogens is 1. The van der Waals surface area contributed by atoms with Gasteiger partial charge < -0.3 is 9.22 Å². The average Bonchev–Trinajstić information content (AvgIpc) is 2.85. The summed E-state index contributed by atoms with van der Waals surface area (Å²) in [6, 6.07) is 21.8. The molecule has 0 N–H and O–H groups in total. The van der Waals surface area contributed by atoms with Crippen molar-refractivity contribution >= 4 is 10.9 Å². The zero-order valence-corrected chi connectivity index (χ0v) is 18.8. The Bertz CT molecular complexity index is 1160. The molecule has 3 aliphatic heterocycles. The third-order valence-electron chi connectivity index (χ3n) is 7.64. The summed E-state index contributed by atoms with van der Waals surface area (Å²) in [6.45, 7) is 9.35. The number of piperidine rings is 3. The first kappa shape index (κ1) is 20.8. The predicted molar refractivity (Wildman–Crippen MR) is 129 cm³/mol. The lowest BCUT2D eigenvalue weighted by Crippen LogP contribution is -2.67. The monoisotopic (exact) mass is 423 g/mol. The maximum absolute atomic E-state index is 6.38. The van der Waals surface area contributed by atoms with E-state index in [2.05, 4.69) is 84.3 Å². The van der Waals surface area contributed by atoms with Gasteiger partial charge in [-0.15, -0.1) is 6.58 Å². The molecule has 32 heavy (non-hydrogen) atoms. The number of hydrogen-bond donors (Lipinski definition) is 0. The van der Waals surface area contributed by atoms with Crippen LogP contribution < -0.4 is 0 Å². The predicted octanol–water partition coefficient (Wildman–Crippen LogP) is 5.88. The van der Waals surface area contributed by atoms with Crippen LogP contribution in [0, 0.1) is 23.9 Å². The molecule has 6 rings (SSSR count). The van der Waals surface area contributed by atoms with Gasteiger partial charge >= 0.3 is 0 Å². The van der Waals surface area contributed by atoms with Crippen LogP contribution >= 0.6 is 0 Å². The van der Waals surface area contributed by atoms with Crippen molar-refractivity contribution in [3.8, 4) is 12.0 Å². The quantitative estimate of drug-likeness (QED) is 0.280. The van der Waals surface area contributed by atoms with Gasteiger partial charge in [0.15, 0.2) is 6.10 Å². The summed E-state index contributed by atoms with van der Waals surface area (Å²) in [5.74, 6) is 4.20. The highest BCUT2D eigenvalue weighted by atomic mass is 16.5. The fraction of sp³-hybridized carbons (Fsp3) is 0.345. The topological polar surface area (TPSA) is 22.1 Å². The molecule has 0 spiro atoms. The second kappa shape index (κ2) is 8.81. The van der Waals surface area contributed by atoms with Gasteiger partial charge in [-0.1, -0.05) is 60.5 Å². The van der Waals surface area contributed by atoms with E-state index < -0.39 is 0 Å². The summed E-state index contributed by atoms with van der Waals surface area (Å²) in [5, 5.41) is 1.17. The maximum atomic E-state index is 6.38. The Morgan fingerprint density at radius 1 is 1.16 bits per heavy atom. The van der Waals surface area contributed by atoms with Gasteiger partial charge in [0, 0.05) is 48.4 Å². The Balaban J connectivity index is 1.61. The SMILES string of the molecule is C=CC1C[N@+]2(Cc3ccccc3)CC[C@H]1C[C@@H]2C(OC#CC)c1ccnc2ccccc12. The normalized spacial score (nSPS) is 27.3. The largest absolute Gasteiger partial charge is 0.432 e. The Hall–Kier alpha value is -3.09. The Morgan fingerprint density at radius 3 is 2.78 bits per heavy atom. The van der Waals surface area contributed by atoms with Gasteiger partial charge in [0.2, 0.25) is 0 Å². The number of pyridine rings is 1. The van der Waals surface area contributed by atoms with E-state index in [9.17, 15) is 0 Å². The highest BCUT2D eigenvalue weighted by molar-refractivity contribution is 5.82. The van der Waals surface area contributed by atoms with Crippen molar-refractivity contribution in [2.45, 2.75) is 38.5 Å². The van der Waals surface area contributed by atoms with E-state index in [1.54, 1.807) is 0 Å². The van der Waals surface area contributed by atoms with Gasteiger partial charge in [-0.2, -0.15) is 0 Å². The molecule has 0 saturated carbocycles. The summed E-state index contributed by atoms with van der Waals surface area (Å²) in [7, 11) is 0. The van der Waals surface area contributed by atoms with Crippen molar-refractivity contribution in [2.24, 2.45) is 11.8 Å². The van der Waals surface area contributed by atoms with Gasteiger partial charge in [-0.05, 0) is 18.1 Å². The first-order chi connectivity index (χ1) is 15.7. The first-order valence-electron chi connectivity index (χ1n) is 11.7. The van der Waals surface area contributed by atoms with Crippen LogP contribution in [0.25, 0.3) is 10.9 Å². The molecular weight excluding hydrogens is 392 g/mol. The number of quaternary nitrogens is 1. The number of rotatable bonds is 6. The molecule has 3 fully saturated rings. The van der Waals surface area contributed by atoms with E-state index in [4.69, 9.17) is 4.74 Å². The lowest BCUT2D eigenvalue weighted by molar-refractivity contribution is -0.984. The van der Waals surface area contributed by atoms with Gasteiger partial charge in [-0.25, -0.2) is 0 Å². The number of fused-ring (bicyclic) bond motifs is 4. The first-order valence-corrected chi connectivity index (χ1v) is 11.7. The zero-order chi connectivity index (χ0) is 22.0. The maximum Gasteiger partial charge on any atom is 0.188 e. The number of hydrogen-bond acceptors (Lipinski definition) is 2. The van der Waals surface area contributed by atoms with Crippen LogP contribution in [0.15, 0.2) is 79.5 Å². The smallest absolute Gasteiger partial charge is 0.188 e. The molecular formula is C29H31N2O+. The molecule has 4 heterocycles. The summed E-state index contributed by atoms with van der Waals surface area (Å²) in [5.41, 5.74) is 3.61. The number of para-hydroxylation sites is 1. The summed E-state index contributed by atoms with van der Waals surface area (Å²) in [6.07, 6.45) is 9.38. The van der Waals surface area contributed by atoms with Crippen LogP contribution in [-0.4, -0.2) is 28.6 Å². The highest BCUT2D eigenvalue weighted by Crippen LogP contribution is 2.49. The number of ether oxygens (including phenoxy) is 1. The van der Waals surface area contributed by atoms with Gasteiger partial charge in [0.25, 0.3) is 0 Å². The van der Waals surface area contributed by atoms with E-state index >= 15 is 0 Å². The van der Waals surface area contributed by atoms with Crippen molar-refractivity contribution in [3.05, 3.63) is 90.6 Å². The number of benzene rings is 2. The molecule has 2 aromatic carbocycles. The summed E-state index contributed by atoms with van der Waals surface area (Å²) < 4.78 is 7.41. The van der Waals surface area contributed by atoms with Gasteiger partial charge in [0.1, 0.15) is 18.7 Å². The van der Waals surface area contributed by atoms with E-state index in [-0.39, 0.29) is 6.10 Å². The molecule has 2 bridgehead atoms. The van der Waals surface area contributed by atoms with E-state index in [0.717, 1.165) is 29.5 Å². The molecule has 3 heteroatoms. The Morgan fingerprint density at radius 2 is 1.97 bits per heavy atom. The molecule has 2 unspecified atom stereocenters. The minimum atomic E-state index is -0.0902. The van der Waals surface area contributed by atoms with Gasteiger partial charge in [0.05, 0.1) is 18.6 Å².